The van der Waals surface area contributed by atoms with Gasteiger partial charge in [0.05, 0.1) is 21.2 Å². The second-order valence-corrected chi connectivity index (χ2v) is 9.01. The number of esters is 1. The maximum absolute atomic E-state index is 12.8. The van der Waals surface area contributed by atoms with Crippen molar-refractivity contribution in [2.75, 3.05) is 0 Å². The third-order valence-corrected chi connectivity index (χ3v) is 7.67. The predicted octanol–water partition coefficient (Wildman–Crippen LogP) is 6.22. The van der Waals surface area contributed by atoms with Crippen LogP contribution in [0.4, 0.5) is 0 Å². The zero-order valence-electron chi connectivity index (χ0n) is 13.3. The highest BCUT2D eigenvalue weighted by molar-refractivity contribution is 8.04. The summed E-state index contributed by atoms with van der Waals surface area (Å²) >= 11 is 10.3. The van der Waals surface area contributed by atoms with Gasteiger partial charge in [0.15, 0.2) is 5.60 Å². The lowest BCUT2D eigenvalue weighted by atomic mass is 9.92. The molecule has 2 aromatic heterocycles. The number of carbonyl (C=O) groups excluding carboxylic acids is 1. The second-order valence-electron chi connectivity index (χ2n) is 5.66. The van der Waals surface area contributed by atoms with E-state index in [1.54, 1.807) is 12.1 Å². The molecule has 0 saturated heterocycles. The highest BCUT2D eigenvalue weighted by atomic mass is 35.5. The molecule has 0 atom stereocenters. The topological polar surface area (TPSA) is 46.5 Å². The lowest BCUT2D eigenvalue weighted by molar-refractivity contribution is -0.153. The molecular formula is C19H13ClO3S3. The highest BCUT2D eigenvalue weighted by Crippen LogP contribution is 2.49. The van der Waals surface area contributed by atoms with Gasteiger partial charge in [-0.05, 0) is 35.0 Å². The summed E-state index contributed by atoms with van der Waals surface area (Å²) in [6.07, 6.45) is 0.201. The van der Waals surface area contributed by atoms with Gasteiger partial charge in [0, 0.05) is 4.90 Å². The minimum Gasteiger partial charge on any atom is -0.511 e. The molecule has 132 valence electrons. The Labute approximate surface area is 167 Å². The van der Waals surface area contributed by atoms with Crippen molar-refractivity contribution in [2.24, 2.45) is 0 Å². The summed E-state index contributed by atoms with van der Waals surface area (Å²) in [6, 6.07) is 14.9. The molecule has 3 nitrogen and oxygen atoms in total. The predicted molar refractivity (Wildman–Crippen MR) is 107 cm³/mol. The molecule has 0 saturated carbocycles. The molecule has 0 bridgehead atoms. The van der Waals surface area contributed by atoms with Crippen LogP contribution >= 0.6 is 46.0 Å². The molecule has 0 spiro atoms. The van der Waals surface area contributed by atoms with Crippen LogP contribution in [0.3, 0.4) is 0 Å². The first kappa shape index (κ1) is 17.7. The summed E-state index contributed by atoms with van der Waals surface area (Å²) in [6.45, 7) is 0. The zero-order valence-corrected chi connectivity index (χ0v) is 16.6. The van der Waals surface area contributed by atoms with Crippen LogP contribution in [0.15, 0.2) is 74.9 Å². The monoisotopic (exact) mass is 420 g/mol. The Kier molecular flexibility index (Phi) is 4.84. The van der Waals surface area contributed by atoms with Gasteiger partial charge in [-0.25, -0.2) is 4.79 Å². The number of carbonyl (C=O) groups is 1. The maximum atomic E-state index is 12.8. The average Bonchev–Trinajstić information content (AvgIpc) is 3.33. The van der Waals surface area contributed by atoms with E-state index in [4.69, 9.17) is 16.3 Å². The van der Waals surface area contributed by atoms with E-state index in [-0.39, 0.29) is 17.1 Å². The molecule has 26 heavy (non-hydrogen) atoms. The third-order valence-electron chi connectivity index (χ3n) is 4.02. The van der Waals surface area contributed by atoms with Crippen molar-refractivity contribution in [2.45, 2.75) is 16.9 Å². The first-order chi connectivity index (χ1) is 12.6. The molecule has 0 aliphatic carbocycles. The number of halogens is 1. The van der Waals surface area contributed by atoms with Crippen LogP contribution in [0.25, 0.3) is 0 Å². The van der Waals surface area contributed by atoms with Gasteiger partial charge in [0.2, 0.25) is 0 Å². The summed E-state index contributed by atoms with van der Waals surface area (Å²) in [5.74, 6) is -0.520. The van der Waals surface area contributed by atoms with E-state index >= 15 is 0 Å². The fourth-order valence-electron chi connectivity index (χ4n) is 2.83. The van der Waals surface area contributed by atoms with E-state index < -0.39 is 11.6 Å². The van der Waals surface area contributed by atoms with E-state index in [1.165, 1.54) is 22.7 Å². The Morgan fingerprint density at radius 3 is 2.23 bits per heavy atom. The first-order valence-corrected chi connectivity index (χ1v) is 10.7. The minimum atomic E-state index is -0.978. The van der Waals surface area contributed by atoms with E-state index in [2.05, 4.69) is 0 Å². The van der Waals surface area contributed by atoms with Crippen molar-refractivity contribution in [1.82, 2.24) is 0 Å². The summed E-state index contributed by atoms with van der Waals surface area (Å²) in [4.78, 5) is 15.5. The molecule has 3 heterocycles. The van der Waals surface area contributed by atoms with Crippen molar-refractivity contribution < 1.29 is 14.6 Å². The molecule has 0 radical (unpaired) electrons. The van der Waals surface area contributed by atoms with Crippen molar-refractivity contribution in [3.8, 4) is 0 Å². The minimum absolute atomic E-state index is 0.0213. The van der Waals surface area contributed by atoms with Crippen molar-refractivity contribution in [3.05, 3.63) is 84.7 Å². The average molecular weight is 421 g/mol. The molecule has 1 aliphatic heterocycles. The van der Waals surface area contributed by atoms with Gasteiger partial charge in [-0.15, -0.1) is 22.7 Å². The molecule has 1 aromatic carbocycles. The second kappa shape index (κ2) is 7.12. The normalized spacial score (nSPS) is 16.6. The van der Waals surface area contributed by atoms with Crippen molar-refractivity contribution in [3.63, 3.8) is 0 Å². The largest absolute Gasteiger partial charge is 0.511 e. The Bertz CT molecular complexity index is 928. The first-order valence-electron chi connectivity index (χ1n) is 7.76. The fourth-order valence-corrected chi connectivity index (χ4v) is 5.74. The number of hydrogen-bond donors (Lipinski definition) is 1. The van der Waals surface area contributed by atoms with Gasteiger partial charge in [-0.1, -0.05) is 47.6 Å². The van der Waals surface area contributed by atoms with E-state index in [9.17, 15) is 9.90 Å². The highest BCUT2D eigenvalue weighted by Gasteiger charge is 2.46. The Morgan fingerprint density at radius 2 is 1.69 bits per heavy atom. The number of ether oxygens (including phenoxy) is 1. The Hall–Kier alpha value is -1.73. The van der Waals surface area contributed by atoms with Gasteiger partial charge < -0.3 is 9.84 Å². The lowest BCUT2D eigenvalue weighted by Crippen LogP contribution is -2.37. The Morgan fingerprint density at radius 1 is 1.04 bits per heavy atom. The zero-order chi connectivity index (χ0) is 18.1. The molecule has 1 aliphatic rings. The summed E-state index contributed by atoms with van der Waals surface area (Å²) in [5, 5.41) is 15.2. The van der Waals surface area contributed by atoms with Gasteiger partial charge in [-0.3, -0.25) is 0 Å². The molecule has 0 fully saturated rings. The van der Waals surface area contributed by atoms with E-state index in [0.717, 1.165) is 21.5 Å². The molecule has 0 amide bonds. The van der Waals surface area contributed by atoms with Crippen LogP contribution in [0.1, 0.15) is 16.2 Å². The molecule has 0 unspecified atom stereocenters. The molecule has 7 heteroatoms. The molecule has 1 N–H and O–H groups in total. The van der Waals surface area contributed by atoms with Gasteiger partial charge in [-0.2, -0.15) is 0 Å². The van der Waals surface area contributed by atoms with Crippen LogP contribution in [0.2, 0.25) is 5.02 Å². The maximum Gasteiger partial charge on any atom is 0.349 e. The summed E-state index contributed by atoms with van der Waals surface area (Å²) in [7, 11) is 0. The SMILES string of the molecule is O=C1OC(c2cccs2)(c2cccs2)CC(O)=C1Sc1ccccc1Cl. The van der Waals surface area contributed by atoms with Gasteiger partial charge in [0.1, 0.15) is 10.7 Å². The standard InChI is InChI=1S/C19H13ClO3S3/c20-12-5-1-2-6-14(12)26-17-13(21)11-19(23-18(17)22,15-7-3-9-24-15)16-8-4-10-25-16/h1-10,21H,11H2. The molecular weight excluding hydrogens is 408 g/mol. The number of rotatable bonds is 4. The van der Waals surface area contributed by atoms with E-state index in [1.807, 2.05) is 47.2 Å². The smallest absolute Gasteiger partial charge is 0.349 e. The number of aliphatic hydroxyl groups is 1. The number of cyclic esters (lactones) is 1. The lowest BCUT2D eigenvalue weighted by Gasteiger charge is -2.35. The number of aliphatic hydroxyl groups excluding tert-OH is 1. The van der Waals surface area contributed by atoms with Crippen LogP contribution in [-0.4, -0.2) is 11.1 Å². The number of thiophene rings is 2. The van der Waals surface area contributed by atoms with Gasteiger partial charge in [0.25, 0.3) is 0 Å². The van der Waals surface area contributed by atoms with Crippen LogP contribution in [-0.2, 0) is 15.1 Å². The fraction of sp³-hybridized carbons (Fsp3) is 0.105. The van der Waals surface area contributed by atoms with Crippen molar-refractivity contribution in [1.29, 1.82) is 0 Å². The van der Waals surface area contributed by atoms with Crippen LogP contribution < -0.4 is 0 Å². The number of hydrogen-bond acceptors (Lipinski definition) is 6. The third kappa shape index (κ3) is 3.07. The van der Waals surface area contributed by atoms with Crippen LogP contribution in [0.5, 0.6) is 0 Å². The van der Waals surface area contributed by atoms with E-state index in [0.29, 0.717) is 9.92 Å². The Balaban J connectivity index is 1.75. The summed E-state index contributed by atoms with van der Waals surface area (Å²) in [5.41, 5.74) is -0.978. The van der Waals surface area contributed by atoms with Crippen LogP contribution in [0, 0.1) is 0 Å². The quantitative estimate of drug-likeness (QED) is 0.509. The van der Waals surface area contributed by atoms with Crippen molar-refractivity contribution >= 4 is 52.0 Å². The molecule has 3 aromatic rings. The van der Waals surface area contributed by atoms with Gasteiger partial charge >= 0.3 is 5.97 Å². The summed E-state index contributed by atoms with van der Waals surface area (Å²) < 4.78 is 5.96. The number of thioether (sulfide) groups is 1. The molecule has 4 rings (SSSR count). The number of benzene rings is 1.